The summed E-state index contributed by atoms with van der Waals surface area (Å²) >= 11 is 0. The zero-order valence-electron chi connectivity index (χ0n) is 14.4. The smallest absolute Gasteiger partial charge is 0.0306 e. The van der Waals surface area contributed by atoms with E-state index in [0.29, 0.717) is 0 Å². The van der Waals surface area contributed by atoms with Gasteiger partial charge in [-0.3, -0.25) is 15.0 Å². The summed E-state index contributed by atoms with van der Waals surface area (Å²) in [6, 6.07) is 20.9. The van der Waals surface area contributed by atoms with E-state index in [0.717, 1.165) is 6.42 Å². The highest BCUT2D eigenvalue weighted by molar-refractivity contribution is 5.67. The highest BCUT2D eigenvalue weighted by Crippen LogP contribution is 2.32. The van der Waals surface area contributed by atoms with E-state index in [1.165, 1.54) is 27.8 Å². The minimum Gasteiger partial charge on any atom is -0.265 e. The van der Waals surface area contributed by atoms with Crippen LogP contribution >= 0.6 is 0 Å². The summed E-state index contributed by atoms with van der Waals surface area (Å²) < 4.78 is 0. The molecule has 26 heavy (non-hydrogen) atoms. The highest BCUT2D eigenvalue weighted by atomic mass is 14.6. The summed E-state index contributed by atoms with van der Waals surface area (Å²) in [5.74, 6) is 0.209. The fourth-order valence-electron chi connectivity index (χ4n) is 3.32. The van der Waals surface area contributed by atoms with Gasteiger partial charge in [0.05, 0.1) is 0 Å². The molecule has 3 heteroatoms. The van der Waals surface area contributed by atoms with Crippen LogP contribution in [-0.4, -0.2) is 15.0 Å². The molecule has 3 nitrogen and oxygen atoms in total. The van der Waals surface area contributed by atoms with Crippen molar-refractivity contribution in [2.24, 2.45) is 0 Å². The fourth-order valence-corrected chi connectivity index (χ4v) is 3.32. The minimum absolute atomic E-state index is 0.209. The van der Waals surface area contributed by atoms with Gasteiger partial charge in [-0.25, -0.2) is 0 Å². The van der Waals surface area contributed by atoms with E-state index in [-0.39, 0.29) is 5.92 Å². The summed E-state index contributed by atoms with van der Waals surface area (Å²) in [4.78, 5) is 12.8. The van der Waals surface area contributed by atoms with Crippen molar-refractivity contribution in [3.8, 4) is 11.1 Å². The van der Waals surface area contributed by atoms with Crippen LogP contribution < -0.4 is 0 Å². The van der Waals surface area contributed by atoms with Crippen molar-refractivity contribution in [3.63, 3.8) is 0 Å². The first-order valence-corrected chi connectivity index (χ1v) is 8.70. The number of rotatable bonds is 5. The van der Waals surface area contributed by atoms with Gasteiger partial charge in [0.2, 0.25) is 0 Å². The number of benzene rings is 1. The van der Waals surface area contributed by atoms with E-state index in [2.05, 4.69) is 63.5 Å². The molecular weight excluding hydrogens is 318 g/mol. The second-order valence-electron chi connectivity index (χ2n) is 6.22. The molecule has 0 spiro atoms. The number of pyridine rings is 3. The molecule has 126 valence electrons. The van der Waals surface area contributed by atoms with Crippen molar-refractivity contribution in [3.05, 3.63) is 115 Å². The standard InChI is InChI=1S/C23H19N3/c1-2-8-22(18-9-13-24-14-10-18)19(5-1)15-23(20-6-3-11-25-16-20)21-7-4-12-26-17-21/h1-14,16-17,23H,15H2. The van der Waals surface area contributed by atoms with E-state index < -0.39 is 0 Å². The Morgan fingerprint density at radius 2 is 1.27 bits per heavy atom. The quantitative estimate of drug-likeness (QED) is 0.519. The normalized spacial score (nSPS) is 10.8. The lowest BCUT2D eigenvalue weighted by atomic mass is 9.85. The van der Waals surface area contributed by atoms with Crippen LogP contribution in [0.5, 0.6) is 0 Å². The van der Waals surface area contributed by atoms with Crippen LogP contribution in [0.25, 0.3) is 11.1 Å². The third-order valence-electron chi connectivity index (χ3n) is 4.61. The first-order chi connectivity index (χ1) is 12.9. The average Bonchev–Trinajstić information content (AvgIpc) is 2.74. The maximum Gasteiger partial charge on any atom is 0.0306 e. The molecule has 0 aliphatic heterocycles. The van der Waals surface area contributed by atoms with Gasteiger partial charge in [-0.15, -0.1) is 0 Å². The summed E-state index contributed by atoms with van der Waals surface area (Å²) in [7, 11) is 0. The van der Waals surface area contributed by atoms with E-state index in [9.17, 15) is 0 Å². The first kappa shape index (κ1) is 16.2. The maximum absolute atomic E-state index is 4.32. The van der Waals surface area contributed by atoms with Gasteiger partial charge >= 0.3 is 0 Å². The Bertz CT molecular complexity index is 915. The Kier molecular flexibility index (Phi) is 4.79. The molecule has 3 heterocycles. The third-order valence-corrected chi connectivity index (χ3v) is 4.61. The van der Waals surface area contributed by atoms with Crippen molar-refractivity contribution >= 4 is 0 Å². The second kappa shape index (κ2) is 7.70. The van der Waals surface area contributed by atoms with Crippen LogP contribution in [0.1, 0.15) is 22.6 Å². The van der Waals surface area contributed by atoms with Gasteiger partial charge in [-0.05, 0) is 58.5 Å². The van der Waals surface area contributed by atoms with Gasteiger partial charge in [-0.1, -0.05) is 36.4 Å². The molecule has 0 N–H and O–H groups in total. The molecule has 1 aromatic carbocycles. The van der Waals surface area contributed by atoms with Gasteiger partial charge in [0.15, 0.2) is 0 Å². The Labute approximate surface area is 153 Å². The first-order valence-electron chi connectivity index (χ1n) is 8.70. The van der Waals surface area contributed by atoms with Crippen LogP contribution in [0.15, 0.2) is 97.8 Å². The summed E-state index contributed by atoms with van der Waals surface area (Å²) in [6.45, 7) is 0. The molecule has 0 radical (unpaired) electrons. The van der Waals surface area contributed by atoms with Gasteiger partial charge in [0.1, 0.15) is 0 Å². The van der Waals surface area contributed by atoms with Crippen LogP contribution in [0.2, 0.25) is 0 Å². The van der Waals surface area contributed by atoms with Gasteiger partial charge < -0.3 is 0 Å². The SMILES string of the molecule is c1cncc(C(Cc2ccccc2-c2ccncc2)c2cccnc2)c1. The molecule has 4 aromatic rings. The lowest BCUT2D eigenvalue weighted by molar-refractivity contribution is 0.795. The van der Waals surface area contributed by atoms with E-state index in [4.69, 9.17) is 0 Å². The molecule has 0 bridgehead atoms. The fraction of sp³-hybridized carbons (Fsp3) is 0.0870. The average molecular weight is 337 g/mol. The molecule has 0 unspecified atom stereocenters. The molecule has 0 amide bonds. The van der Waals surface area contributed by atoms with E-state index in [1.54, 1.807) is 0 Å². The van der Waals surface area contributed by atoms with Crippen molar-refractivity contribution in [2.75, 3.05) is 0 Å². The zero-order valence-corrected chi connectivity index (χ0v) is 14.4. The van der Waals surface area contributed by atoms with Crippen LogP contribution in [0, 0.1) is 0 Å². The third kappa shape index (κ3) is 3.52. The summed E-state index contributed by atoms with van der Waals surface area (Å²) in [5.41, 5.74) is 6.13. The van der Waals surface area contributed by atoms with Crippen LogP contribution in [0.3, 0.4) is 0 Å². The predicted molar refractivity (Wildman–Crippen MR) is 104 cm³/mol. The van der Waals surface area contributed by atoms with Crippen molar-refractivity contribution in [2.45, 2.75) is 12.3 Å². The molecular formula is C23H19N3. The minimum atomic E-state index is 0.209. The number of nitrogens with zero attached hydrogens (tertiary/aromatic N) is 3. The molecule has 3 aromatic heterocycles. The number of aromatic nitrogens is 3. The zero-order chi connectivity index (χ0) is 17.6. The van der Waals surface area contributed by atoms with E-state index in [1.807, 2.05) is 49.3 Å². The molecule has 0 aliphatic rings. The van der Waals surface area contributed by atoms with Gasteiger partial charge in [-0.2, -0.15) is 0 Å². The summed E-state index contributed by atoms with van der Waals surface area (Å²) in [5, 5.41) is 0. The summed E-state index contributed by atoms with van der Waals surface area (Å²) in [6.07, 6.45) is 12.1. The lowest BCUT2D eigenvalue weighted by Crippen LogP contribution is -2.07. The Balaban J connectivity index is 1.76. The molecule has 0 saturated carbocycles. The predicted octanol–water partition coefficient (Wildman–Crippen LogP) is 4.91. The van der Waals surface area contributed by atoms with Crippen molar-refractivity contribution in [1.82, 2.24) is 15.0 Å². The number of hydrogen-bond acceptors (Lipinski definition) is 3. The maximum atomic E-state index is 4.32. The molecule has 0 atom stereocenters. The molecule has 4 rings (SSSR count). The van der Waals surface area contributed by atoms with Crippen molar-refractivity contribution in [1.29, 1.82) is 0 Å². The highest BCUT2D eigenvalue weighted by Gasteiger charge is 2.17. The Morgan fingerprint density at radius 3 is 1.88 bits per heavy atom. The second-order valence-corrected chi connectivity index (χ2v) is 6.22. The lowest BCUT2D eigenvalue weighted by Gasteiger charge is -2.19. The van der Waals surface area contributed by atoms with Gasteiger partial charge in [0.25, 0.3) is 0 Å². The topological polar surface area (TPSA) is 38.7 Å². The number of hydrogen-bond donors (Lipinski definition) is 0. The van der Waals surface area contributed by atoms with Crippen molar-refractivity contribution < 1.29 is 0 Å². The Morgan fingerprint density at radius 1 is 0.615 bits per heavy atom. The van der Waals surface area contributed by atoms with E-state index >= 15 is 0 Å². The van der Waals surface area contributed by atoms with Gasteiger partial charge in [0, 0.05) is 43.1 Å². The van der Waals surface area contributed by atoms with Crippen LogP contribution in [-0.2, 0) is 6.42 Å². The largest absolute Gasteiger partial charge is 0.265 e. The Hall–Kier alpha value is -3.33. The molecule has 0 aliphatic carbocycles. The molecule has 0 saturated heterocycles. The molecule has 0 fully saturated rings. The van der Waals surface area contributed by atoms with Crippen LogP contribution in [0.4, 0.5) is 0 Å². The monoisotopic (exact) mass is 337 g/mol.